The number of aromatic nitrogens is 4. The average molecular weight is 615 g/mol. The number of nitrogens with zero attached hydrogens (tertiary/aromatic N) is 4. The Morgan fingerprint density at radius 2 is 0.625 bits per heavy atom. The minimum absolute atomic E-state index is 0.925. The van der Waals surface area contributed by atoms with E-state index in [1.54, 1.807) is 0 Å². The van der Waals surface area contributed by atoms with Crippen molar-refractivity contribution in [1.82, 2.24) is 19.1 Å². The van der Waals surface area contributed by atoms with Crippen molar-refractivity contribution in [1.29, 1.82) is 0 Å². The molecular formula is C44H30N4. The zero-order valence-corrected chi connectivity index (χ0v) is 26.1. The Labute approximate surface area is 278 Å². The second-order valence-electron chi connectivity index (χ2n) is 11.9. The van der Waals surface area contributed by atoms with Crippen LogP contribution in [0.4, 0.5) is 0 Å². The standard InChI is InChI=1S/C44H30N4/c1-3-20-37(21-4-1)47-41-26-9-7-24-39(41)45-43(47)35-18-12-16-33(29-35)31-14-11-15-32(28-31)34-17-13-19-36(30-34)44-46-40-25-8-10-27-42(40)48(44)38-22-5-2-6-23-38/h1-30H. The molecule has 0 amide bonds. The van der Waals surface area contributed by atoms with Crippen LogP contribution in [-0.4, -0.2) is 19.1 Å². The third kappa shape index (κ3) is 4.88. The smallest absolute Gasteiger partial charge is 0.145 e. The molecule has 9 rings (SSSR count). The Kier molecular flexibility index (Phi) is 6.76. The number of hydrogen-bond acceptors (Lipinski definition) is 2. The molecule has 0 aliphatic heterocycles. The van der Waals surface area contributed by atoms with E-state index in [0.717, 1.165) is 78.5 Å². The molecule has 226 valence electrons. The summed E-state index contributed by atoms with van der Waals surface area (Å²) in [5.74, 6) is 1.85. The molecule has 0 unspecified atom stereocenters. The maximum atomic E-state index is 5.10. The van der Waals surface area contributed by atoms with Crippen LogP contribution in [0.3, 0.4) is 0 Å². The molecule has 0 N–H and O–H groups in total. The van der Waals surface area contributed by atoms with Gasteiger partial charge in [-0.05, 0) is 89.0 Å². The van der Waals surface area contributed by atoms with E-state index >= 15 is 0 Å². The van der Waals surface area contributed by atoms with Gasteiger partial charge in [-0.15, -0.1) is 0 Å². The molecule has 0 bridgehead atoms. The van der Waals surface area contributed by atoms with Gasteiger partial charge in [0.15, 0.2) is 0 Å². The largest absolute Gasteiger partial charge is 0.292 e. The van der Waals surface area contributed by atoms with E-state index < -0.39 is 0 Å². The summed E-state index contributed by atoms with van der Waals surface area (Å²) >= 11 is 0. The summed E-state index contributed by atoms with van der Waals surface area (Å²) in [6.45, 7) is 0. The second kappa shape index (κ2) is 11.7. The molecule has 0 fully saturated rings. The van der Waals surface area contributed by atoms with Crippen molar-refractivity contribution in [3.05, 3.63) is 182 Å². The lowest BCUT2D eigenvalue weighted by Crippen LogP contribution is -1.97. The minimum atomic E-state index is 0.925. The minimum Gasteiger partial charge on any atom is -0.292 e. The third-order valence-corrected chi connectivity index (χ3v) is 8.92. The fraction of sp³-hybridized carbons (Fsp3) is 0. The predicted molar refractivity (Wildman–Crippen MR) is 197 cm³/mol. The molecule has 9 aromatic rings. The first-order chi connectivity index (χ1) is 23.8. The first kappa shape index (κ1) is 27.8. The second-order valence-corrected chi connectivity index (χ2v) is 11.9. The van der Waals surface area contributed by atoms with Crippen molar-refractivity contribution in [2.24, 2.45) is 0 Å². The monoisotopic (exact) mass is 614 g/mol. The Morgan fingerprint density at radius 1 is 0.292 bits per heavy atom. The number of imidazole rings is 2. The van der Waals surface area contributed by atoms with Crippen molar-refractivity contribution in [2.45, 2.75) is 0 Å². The molecule has 0 aliphatic rings. The van der Waals surface area contributed by atoms with Gasteiger partial charge < -0.3 is 0 Å². The topological polar surface area (TPSA) is 35.6 Å². The molecule has 48 heavy (non-hydrogen) atoms. The van der Waals surface area contributed by atoms with Gasteiger partial charge in [-0.1, -0.05) is 115 Å². The number of rotatable bonds is 6. The maximum absolute atomic E-state index is 5.10. The van der Waals surface area contributed by atoms with Crippen molar-refractivity contribution >= 4 is 22.1 Å². The highest BCUT2D eigenvalue weighted by Crippen LogP contribution is 2.35. The molecule has 0 atom stereocenters. The van der Waals surface area contributed by atoms with E-state index in [1.807, 2.05) is 24.3 Å². The molecule has 0 saturated heterocycles. The van der Waals surface area contributed by atoms with E-state index in [4.69, 9.17) is 9.97 Å². The Bertz CT molecular complexity index is 2380. The van der Waals surface area contributed by atoms with Crippen LogP contribution in [0.15, 0.2) is 182 Å². The van der Waals surface area contributed by atoms with Gasteiger partial charge in [0.1, 0.15) is 11.6 Å². The van der Waals surface area contributed by atoms with Crippen LogP contribution in [0, 0.1) is 0 Å². The number of benzene rings is 7. The van der Waals surface area contributed by atoms with Gasteiger partial charge >= 0.3 is 0 Å². The molecule has 2 heterocycles. The SMILES string of the molecule is c1ccc(-n2c(-c3cccc(-c4cccc(-c5cccc(-c6nc7ccccc7n6-c6ccccc6)c5)c4)c3)nc3ccccc32)cc1. The molecule has 2 aromatic heterocycles. The Hall–Kier alpha value is -6.52. The van der Waals surface area contributed by atoms with Crippen LogP contribution in [0.25, 0.3) is 78.5 Å². The summed E-state index contributed by atoms with van der Waals surface area (Å²) in [5.41, 5.74) is 13.0. The number of hydrogen-bond donors (Lipinski definition) is 0. The Balaban J connectivity index is 1.12. The molecule has 0 radical (unpaired) electrons. The van der Waals surface area contributed by atoms with E-state index in [2.05, 4.69) is 167 Å². The number of fused-ring (bicyclic) bond motifs is 2. The normalized spacial score (nSPS) is 11.3. The van der Waals surface area contributed by atoms with E-state index in [1.165, 1.54) is 0 Å². The summed E-state index contributed by atoms with van der Waals surface area (Å²) < 4.78 is 4.50. The molecule has 0 spiro atoms. The fourth-order valence-electron chi connectivity index (χ4n) is 6.67. The molecular weight excluding hydrogens is 585 g/mol. The summed E-state index contributed by atoms with van der Waals surface area (Å²) in [4.78, 5) is 10.2. The van der Waals surface area contributed by atoms with Crippen molar-refractivity contribution in [3.63, 3.8) is 0 Å². The predicted octanol–water partition coefficient (Wildman–Crippen LogP) is 11.0. The highest BCUT2D eigenvalue weighted by Gasteiger charge is 2.16. The zero-order chi connectivity index (χ0) is 31.9. The average Bonchev–Trinajstić information content (AvgIpc) is 3.75. The lowest BCUT2D eigenvalue weighted by molar-refractivity contribution is 1.10. The summed E-state index contributed by atoms with van der Waals surface area (Å²) in [6.07, 6.45) is 0. The van der Waals surface area contributed by atoms with Gasteiger partial charge in [-0.2, -0.15) is 0 Å². The maximum Gasteiger partial charge on any atom is 0.145 e. The highest BCUT2D eigenvalue weighted by molar-refractivity contribution is 5.86. The molecule has 7 aromatic carbocycles. The fourth-order valence-corrected chi connectivity index (χ4v) is 6.67. The summed E-state index contributed by atoms with van der Waals surface area (Å²) in [5, 5.41) is 0. The molecule has 0 aliphatic carbocycles. The van der Waals surface area contributed by atoms with Crippen LogP contribution in [0.5, 0.6) is 0 Å². The zero-order valence-electron chi connectivity index (χ0n) is 26.1. The lowest BCUT2D eigenvalue weighted by atomic mass is 9.97. The van der Waals surface area contributed by atoms with Crippen molar-refractivity contribution in [3.8, 4) is 56.4 Å². The quantitative estimate of drug-likeness (QED) is 0.187. The summed E-state index contributed by atoms with van der Waals surface area (Å²) in [7, 11) is 0. The van der Waals surface area contributed by atoms with Crippen LogP contribution in [0.1, 0.15) is 0 Å². The van der Waals surface area contributed by atoms with Crippen LogP contribution in [-0.2, 0) is 0 Å². The first-order valence-electron chi connectivity index (χ1n) is 16.2. The van der Waals surface area contributed by atoms with Gasteiger partial charge in [0.05, 0.1) is 22.1 Å². The van der Waals surface area contributed by atoms with Gasteiger partial charge in [0.2, 0.25) is 0 Å². The first-order valence-corrected chi connectivity index (χ1v) is 16.2. The van der Waals surface area contributed by atoms with E-state index in [0.29, 0.717) is 0 Å². The highest BCUT2D eigenvalue weighted by atomic mass is 15.1. The van der Waals surface area contributed by atoms with Gasteiger partial charge in [-0.25, -0.2) is 9.97 Å². The van der Waals surface area contributed by atoms with Crippen LogP contribution in [0.2, 0.25) is 0 Å². The number of para-hydroxylation sites is 6. The molecule has 4 heteroatoms. The van der Waals surface area contributed by atoms with Gasteiger partial charge in [-0.3, -0.25) is 9.13 Å². The van der Waals surface area contributed by atoms with Gasteiger partial charge in [0.25, 0.3) is 0 Å². The van der Waals surface area contributed by atoms with Crippen molar-refractivity contribution in [2.75, 3.05) is 0 Å². The summed E-state index contributed by atoms with van der Waals surface area (Å²) in [6, 6.07) is 63.7. The molecule has 0 saturated carbocycles. The van der Waals surface area contributed by atoms with Gasteiger partial charge in [0, 0.05) is 22.5 Å². The third-order valence-electron chi connectivity index (χ3n) is 8.92. The van der Waals surface area contributed by atoms with E-state index in [-0.39, 0.29) is 0 Å². The van der Waals surface area contributed by atoms with Crippen LogP contribution >= 0.6 is 0 Å². The van der Waals surface area contributed by atoms with Crippen molar-refractivity contribution < 1.29 is 0 Å². The lowest BCUT2D eigenvalue weighted by Gasteiger charge is -2.12. The molecule has 4 nitrogen and oxygen atoms in total. The Morgan fingerprint density at radius 3 is 1.04 bits per heavy atom. The van der Waals surface area contributed by atoms with E-state index in [9.17, 15) is 0 Å². The van der Waals surface area contributed by atoms with Crippen LogP contribution < -0.4 is 0 Å².